The second-order valence-electron chi connectivity index (χ2n) is 19.1. The van der Waals surface area contributed by atoms with Gasteiger partial charge in [0.1, 0.15) is 0 Å². The lowest BCUT2D eigenvalue weighted by atomic mass is 10.1. The van der Waals surface area contributed by atoms with Gasteiger partial charge in [-0.2, -0.15) is 0 Å². The van der Waals surface area contributed by atoms with E-state index in [0.717, 1.165) is 22.7 Å². The first-order valence-electron chi connectivity index (χ1n) is 24.8. The van der Waals surface area contributed by atoms with E-state index in [4.69, 9.17) is 11.2 Å². The maximum atomic E-state index is 7.23. The molecule has 1 aliphatic rings. The Bertz CT molecular complexity index is 4560. The number of benzene rings is 11. The van der Waals surface area contributed by atoms with Gasteiger partial charge in [0.15, 0.2) is 0 Å². The van der Waals surface area contributed by atoms with Crippen molar-refractivity contribution in [1.29, 1.82) is 0 Å². The average Bonchev–Trinajstić information content (AvgIpc) is 4.19. The first-order chi connectivity index (χ1) is 36.1. The standard InChI is InChI=1S/C66H42N4S3/c71-73(46-22-8-3-9-23-46)61-38-32-44(69-53-28-14-10-24-47(53)49-34-36-57-63(65(49)69)51-26-12-16-30-55(51)67(57)42-18-4-1-5-19-42)40-59(61)72-60-41-45(33-39-62(60)73)70-54-29-15-11-25-48(54)50-35-37-58-64(66(50)70)52-27-13-17-31-56(52)68(58)43-20-6-2-7-21-43/h1-41,73H. The molecular formula is C66H42N4S3. The minimum absolute atomic E-state index is 1.12. The van der Waals surface area contributed by atoms with Crippen LogP contribution >= 0.6 is 11.8 Å². The second-order valence-corrected chi connectivity index (χ2v) is 24.6. The summed E-state index contributed by atoms with van der Waals surface area (Å²) in [5.41, 5.74) is 14.1. The van der Waals surface area contributed by atoms with Crippen molar-refractivity contribution in [2.75, 3.05) is 0 Å². The molecule has 0 saturated carbocycles. The molecule has 0 radical (unpaired) electrons. The van der Waals surface area contributed by atoms with Crippen LogP contribution in [-0.4, -0.2) is 18.3 Å². The molecule has 1 aliphatic heterocycles. The summed E-state index contributed by atoms with van der Waals surface area (Å²) in [6, 6.07) is 91.5. The van der Waals surface area contributed by atoms with Crippen LogP contribution in [-0.2, 0) is 19.8 Å². The topological polar surface area (TPSA) is 19.7 Å². The van der Waals surface area contributed by atoms with Crippen molar-refractivity contribution in [2.45, 2.75) is 24.5 Å². The highest BCUT2D eigenvalue weighted by atomic mass is 32.9. The van der Waals surface area contributed by atoms with Crippen LogP contribution in [0.5, 0.6) is 0 Å². The first kappa shape index (κ1) is 41.2. The molecule has 0 saturated heterocycles. The largest absolute Gasteiger partial charge is 0.309 e. The van der Waals surface area contributed by atoms with Gasteiger partial charge >= 0.3 is 0 Å². The van der Waals surface area contributed by atoms with Crippen LogP contribution in [0.2, 0.25) is 0 Å². The van der Waals surface area contributed by atoms with Gasteiger partial charge in [-0.25, -0.2) is 0 Å². The maximum Gasteiger partial charge on any atom is 0.0641 e. The Morgan fingerprint density at radius 2 is 0.658 bits per heavy atom. The molecule has 5 heterocycles. The molecule has 11 aromatic carbocycles. The van der Waals surface area contributed by atoms with Gasteiger partial charge in [0, 0.05) is 90.3 Å². The minimum atomic E-state index is -2.55. The quantitative estimate of drug-likeness (QED) is 0.173. The molecule has 7 heteroatoms. The molecule has 0 unspecified atom stereocenters. The van der Waals surface area contributed by atoms with Crippen LogP contribution in [0.1, 0.15) is 0 Å². The van der Waals surface area contributed by atoms with Gasteiger partial charge in [0.25, 0.3) is 0 Å². The van der Waals surface area contributed by atoms with Gasteiger partial charge < -0.3 is 18.3 Å². The summed E-state index contributed by atoms with van der Waals surface area (Å²) in [4.78, 5) is 6.08. The highest BCUT2D eigenvalue weighted by molar-refractivity contribution is 8.40. The van der Waals surface area contributed by atoms with Crippen molar-refractivity contribution in [3.8, 4) is 22.7 Å². The molecule has 0 atom stereocenters. The number of para-hydroxylation sites is 6. The Hall–Kier alpha value is -8.46. The van der Waals surface area contributed by atoms with Gasteiger partial charge in [-0.15, -0.1) is 8.59 Å². The maximum absolute atomic E-state index is 7.23. The number of fused-ring (bicyclic) bond motifs is 16. The summed E-state index contributed by atoms with van der Waals surface area (Å²) in [6.07, 6.45) is 0. The van der Waals surface area contributed by atoms with Crippen LogP contribution in [0, 0.1) is 0 Å². The van der Waals surface area contributed by atoms with Crippen molar-refractivity contribution >= 4 is 119 Å². The molecule has 73 heavy (non-hydrogen) atoms. The molecule has 344 valence electrons. The molecule has 16 rings (SSSR count). The van der Waals surface area contributed by atoms with Crippen LogP contribution in [0.4, 0.5) is 0 Å². The summed E-state index contributed by atoms with van der Waals surface area (Å²) in [7, 11) is -2.55. The lowest BCUT2D eigenvalue weighted by Gasteiger charge is -2.36. The number of nitrogens with zero attached hydrogens (tertiary/aromatic N) is 4. The summed E-state index contributed by atoms with van der Waals surface area (Å²) in [5.74, 6) is 0. The molecule has 0 aliphatic carbocycles. The lowest BCUT2D eigenvalue weighted by molar-refractivity contribution is 1.07. The predicted molar refractivity (Wildman–Crippen MR) is 312 cm³/mol. The molecule has 0 fully saturated rings. The monoisotopic (exact) mass is 986 g/mol. The average molecular weight is 987 g/mol. The molecule has 4 nitrogen and oxygen atoms in total. The van der Waals surface area contributed by atoms with Crippen molar-refractivity contribution in [3.63, 3.8) is 0 Å². The molecular weight excluding hydrogens is 945 g/mol. The molecule has 0 N–H and O–H groups in total. The normalized spacial score (nSPS) is 13.8. The molecule has 0 spiro atoms. The van der Waals surface area contributed by atoms with E-state index in [2.05, 4.69) is 267 Å². The van der Waals surface area contributed by atoms with Gasteiger partial charge in [-0.3, -0.25) is 0 Å². The zero-order chi connectivity index (χ0) is 47.9. The SMILES string of the molecule is S=[SH]1(c2ccccc2)c2ccc(-n3c4ccccc4c4ccc5c(c6ccccc6n5-c5ccccc5)c43)cc2Sc2cc(-n3c4ccccc4c4ccc5c(c6ccccc6n5-c5ccccc5)c43)ccc21. The van der Waals surface area contributed by atoms with Crippen molar-refractivity contribution in [3.05, 3.63) is 249 Å². The number of hydrogen-bond donors (Lipinski definition) is 1. The Balaban J connectivity index is 0.949. The fourth-order valence-corrected chi connectivity index (χ4v) is 18.8. The van der Waals surface area contributed by atoms with Crippen molar-refractivity contribution in [1.82, 2.24) is 18.3 Å². The molecule has 4 aromatic heterocycles. The van der Waals surface area contributed by atoms with E-state index in [1.807, 2.05) is 11.8 Å². The number of thiol groups is 1. The van der Waals surface area contributed by atoms with Crippen LogP contribution in [0.3, 0.4) is 0 Å². The molecule has 0 bridgehead atoms. The molecule has 15 aromatic rings. The zero-order valence-electron chi connectivity index (χ0n) is 39.2. The third-order valence-electron chi connectivity index (χ3n) is 15.4. The summed E-state index contributed by atoms with van der Waals surface area (Å²) >= 11 is 9.10. The van der Waals surface area contributed by atoms with Crippen LogP contribution in [0.15, 0.2) is 273 Å². The first-order valence-corrected chi connectivity index (χ1v) is 28.4. The minimum Gasteiger partial charge on any atom is -0.309 e. The Morgan fingerprint density at radius 3 is 1.10 bits per heavy atom. The van der Waals surface area contributed by atoms with Crippen LogP contribution < -0.4 is 0 Å². The van der Waals surface area contributed by atoms with Crippen molar-refractivity contribution in [2.24, 2.45) is 0 Å². The second kappa shape index (κ2) is 15.5. The predicted octanol–water partition coefficient (Wildman–Crippen LogP) is 17.4. The van der Waals surface area contributed by atoms with Crippen molar-refractivity contribution < 1.29 is 0 Å². The van der Waals surface area contributed by atoms with E-state index in [1.165, 1.54) is 112 Å². The highest BCUT2D eigenvalue weighted by Crippen LogP contribution is 2.54. The van der Waals surface area contributed by atoms with Crippen LogP contribution in [0.25, 0.3) is 110 Å². The molecule has 0 amide bonds. The Labute approximate surface area is 430 Å². The number of hydrogen-bond acceptors (Lipinski definition) is 2. The fraction of sp³-hybridized carbons (Fsp3) is 0. The van der Waals surface area contributed by atoms with Gasteiger partial charge in [0.05, 0.1) is 44.1 Å². The van der Waals surface area contributed by atoms with E-state index in [0.29, 0.717) is 0 Å². The van der Waals surface area contributed by atoms with E-state index < -0.39 is 8.59 Å². The van der Waals surface area contributed by atoms with E-state index >= 15 is 0 Å². The Kier molecular flexibility index (Phi) is 8.76. The highest BCUT2D eigenvalue weighted by Gasteiger charge is 2.32. The fourth-order valence-electron chi connectivity index (χ4n) is 12.4. The van der Waals surface area contributed by atoms with Gasteiger partial charge in [0.2, 0.25) is 0 Å². The van der Waals surface area contributed by atoms with E-state index in [-0.39, 0.29) is 0 Å². The van der Waals surface area contributed by atoms with E-state index in [1.54, 1.807) is 0 Å². The summed E-state index contributed by atoms with van der Waals surface area (Å²) in [5, 5.41) is 9.90. The number of aromatic nitrogens is 4. The van der Waals surface area contributed by atoms with E-state index in [9.17, 15) is 0 Å². The Morgan fingerprint density at radius 1 is 0.288 bits per heavy atom. The lowest BCUT2D eigenvalue weighted by Crippen LogP contribution is -2.18. The number of rotatable bonds is 5. The zero-order valence-corrected chi connectivity index (χ0v) is 41.8. The van der Waals surface area contributed by atoms with Gasteiger partial charge in [-0.05, 0) is 109 Å². The third kappa shape index (κ3) is 5.70. The third-order valence-corrected chi connectivity index (χ3v) is 21.8. The summed E-state index contributed by atoms with van der Waals surface area (Å²) < 4.78 is 9.87. The summed E-state index contributed by atoms with van der Waals surface area (Å²) in [6.45, 7) is 0. The van der Waals surface area contributed by atoms with Gasteiger partial charge in [-0.1, -0.05) is 162 Å². The smallest absolute Gasteiger partial charge is 0.0641 e.